The molecule has 16 heavy (non-hydrogen) atoms. The Morgan fingerprint density at radius 2 is 1.88 bits per heavy atom. The van der Waals surface area contributed by atoms with Gasteiger partial charge in [-0.05, 0) is 46.0 Å². The number of rotatable bonds is 2. The second-order valence-corrected chi connectivity index (χ2v) is 6.19. The summed E-state index contributed by atoms with van der Waals surface area (Å²) in [6.07, 6.45) is 3.46. The van der Waals surface area contributed by atoms with E-state index in [1.807, 2.05) is 0 Å². The van der Waals surface area contributed by atoms with Crippen LogP contribution in [-0.4, -0.2) is 23.5 Å². The normalized spacial score (nSPS) is 31.2. The van der Waals surface area contributed by atoms with Crippen molar-refractivity contribution in [3.8, 4) is 0 Å². The Hall–Kier alpha value is -0.570. The highest BCUT2D eigenvalue weighted by molar-refractivity contribution is 5.73. The van der Waals surface area contributed by atoms with E-state index < -0.39 is 0 Å². The maximum absolute atomic E-state index is 11.1. The number of carbonyl (C=O) groups excluding carboxylic acids is 1. The summed E-state index contributed by atoms with van der Waals surface area (Å²) in [6.45, 7) is 10.4. The topological polar surface area (TPSA) is 41.1 Å². The van der Waals surface area contributed by atoms with E-state index in [1.54, 1.807) is 6.92 Å². The number of hydrogen-bond acceptors (Lipinski definition) is 2. The molecule has 0 aromatic rings. The molecule has 1 amide bonds. The smallest absolute Gasteiger partial charge is 0.217 e. The summed E-state index contributed by atoms with van der Waals surface area (Å²) in [6, 6.07) is 0.874. The molecule has 0 spiro atoms. The Labute approximate surface area is 99.4 Å². The predicted octanol–water partition coefficient (Wildman–Crippen LogP) is 2.07. The van der Waals surface area contributed by atoms with E-state index >= 15 is 0 Å². The molecule has 2 N–H and O–H groups in total. The molecule has 1 rings (SSSR count). The van der Waals surface area contributed by atoms with E-state index in [-0.39, 0.29) is 11.4 Å². The van der Waals surface area contributed by atoms with Gasteiger partial charge >= 0.3 is 0 Å². The van der Waals surface area contributed by atoms with Crippen LogP contribution in [0.3, 0.4) is 0 Å². The van der Waals surface area contributed by atoms with Gasteiger partial charge in [-0.1, -0.05) is 6.92 Å². The highest BCUT2D eigenvalue weighted by Crippen LogP contribution is 2.25. The van der Waals surface area contributed by atoms with Crippen LogP contribution in [0, 0.1) is 5.92 Å². The number of hydrogen-bond donors (Lipinski definition) is 2. The molecule has 3 atom stereocenters. The van der Waals surface area contributed by atoms with Gasteiger partial charge in [0.05, 0.1) is 0 Å². The van der Waals surface area contributed by atoms with Crippen LogP contribution in [0.2, 0.25) is 0 Å². The van der Waals surface area contributed by atoms with Crippen LogP contribution in [0.4, 0.5) is 0 Å². The molecule has 0 heterocycles. The van der Waals surface area contributed by atoms with Gasteiger partial charge in [0, 0.05) is 24.5 Å². The van der Waals surface area contributed by atoms with Crippen molar-refractivity contribution in [2.24, 2.45) is 5.92 Å². The van der Waals surface area contributed by atoms with Crippen LogP contribution >= 0.6 is 0 Å². The lowest BCUT2D eigenvalue weighted by Gasteiger charge is -2.38. The Kier molecular flexibility index (Phi) is 4.36. The lowest BCUT2D eigenvalue weighted by Crippen LogP contribution is -2.51. The third kappa shape index (κ3) is 4.52. The summed E-state index contributed by atoms with van der Waals surface area (Å²) in [5, 5.41) is 6.70. The van der Waals surface area contributed by atoms with E-state index in [9.17, 15) is 4.79 Å². The van der Waals surface area contributed by atoms with Crippen molar-refractivity contribution in [3.63, 3.8) is 0 Å². The third-order valence-electron chi connectivity index (χ3n) is 3.22. The van der Waals surface area contributed by atoms with Crippen LogP contribution in [-0.2, 0) is 4.79 Å². The summed E-state index contributed by atoms with van der Waals surface area (Å²) < 4.78 is 0. The zero-order valence-electron chi connectivity index (χ0n) is 11.3. The average Bonchev–Trinajstić information content (AvgIpc) is 2.07. The highest BCUT2D eigenvalue weighted by Gasteiger charge is 2.29. The van der Waals surface area contributed by atoms with Crippen molar-refractivity contribution in [1.82, 2.24) is 10.6 Å². The summed E-state index contributed by atoms with van der Waals surface area (Å²) in [5.41, 5.74) is 0.159. The molecule has 3 nitrogen and oxygen atoms in total. The molecule has 0 radical (unpaired) electrons. The third-order valence-corrected chi connectivity index (χ3v) is 3.22. The lowest BCUT2D eigenvalue weighted by atomic mass is 9.82. The standard InChI is InChI=1S/C13H26N2O/c1-9-6-7-11(15-13(3,4)5)8-12(9)14-10(2)16/h9,11-12,15H,6-8H2,1-5H3,(H,14,16). The Morgan fingerprint density at radius 1 is 1.25 bits per heavy atom. The van der Waals surface area contributed by atoms with Crippen molar-refractivity contribution in [2.75, 3.05) is 0 Å². The zero-order chi connectivity index (χ0) is 12.3. The van der Waals surface area contributed by atoms with Gasteiger partial charge in [0.2, 0.25) is 5.91 Å². The first-order valence-corrected chi connectivity index (χ1v) is 6.33. The number of amides is 1. The molecule has 1 fully saturated rings. The van der Waals surface area contributed by atoms with Crippen LogP contribution < -0.4 is 10.6 Å². The quantitative estimate of drug-likeness (QED) is 0.757. The molecular formula is C13H26N2O. The second kappa shape index (κ2) is 5.17. The molecular weight excluding hydrogens is 200 g/mol. The van der Waals surface area contributed by atoms with Crippen LogP contribution in [0.5, 0.6) is 0 Å². The fourth-order valence-electron chi connectivity index (χ4n) is 2.53. The fourth-order valence-corrected chi connectivity index (χ4v) is 2.53. The SMILES string of the molecule is CC(=O)NC1CC(NC(C)(C)C)CCC1C. The summed E-state index contributed by atoms with van der Waals surface area (Å²) in [4.78, 5) is 11.1. The van der Waals surface area contributed by atoms with Gasteiger partial charge in [0.1, 0.15) is 0 Å². The maximum Gasteiger partial charge on any atom is 0.217 e. The monoisotopic (exact) mass is 226 g/mol. The van der Waals surface area contributed by atoms with Crippen molar-refractivity contribution in [3.05, 3.63) is 0 Å². The Balaban J connectivity index is 2.50. The molecule has 1 aliphatic carbocycles. The van der Waals surface area contributed by atoms with E-state index in [4.69, 9.17) is 0 Å². The van der Waals surface area contributed by atoms with Crippen LogP contribution in [0.1, 0.15) is 53.9 Å². The number of nitrogens with one attached hydrogen (secondary N) is 2. The van der Waals surface area contributed by atoms with E-state index in [1.165, 1.54) is 12.8 Å². The first kappa shape index (κ1) is 13.5. The minimum Gasteiger partial charge on any atom is -0.353 e. The molecule has 0 aromatic heterocycles. The van der Waals surface area contributed by atoms with Crippen molar-refractivity contribution in [2.45, 2.75) is 71.5 Å². The van der Waals surface area contributed by atoms with Crippen molar-refractivity contribution in [1.29, 1.82) is 0 Å². The maximum atomic E-state index is 11.1. The van der Waals surface area contributed by atoms with Gasteiger partial charge in [-0.25, -0.2) is 0 Å². The van der Waals surface area contributed by atoms with Crippen molar-refractivity contribution < 1.29 is 4.79 Å². The molecule has 1 aliphatic rings. The zero-order valence-corrected chi connectivity index (χ0v) is 11.3. The first-order chi connectivity index (χ1) is 7.28. The average molecular weight is 226 g/mol. The summed E-state index contributed by atoms with van der Waals surface area (Å²) >= 11 is 0. The molecule has 3 unspecified atom stereocenters. The van der Waals surface area contributed by atoms with Gasteiger partial charge in [-0.2, -0.15) is 0 Å². The largest absolute Gasteiger partial charge is 0.353 e. The molecule has 0 aliphatic heterocycles. The minimum absolute atomic E-state index is 0.0910. The van der Waals surface area contributed by atoms with Crippen LogP contribution in [0.25, 0.3) is 0 Å². The van der Waals surface area contributed by atoms with E-state index in [0.717, 1.165) is 6.42 Å². The fraction of sp³-hybridized carbons (Fsp3) is 0.923. The Bertz CT molecular complexity index is 245. The first-order valence-electron chi connectivity index (χ1n) is 6.33. The van der Waals surface area contributed by atoms with Crippen molar-refractivity contribution >= 4 is 5.91 Å². The van der Waals surface area contributed by atoms with Crippen LogP contribution in [0.15, 0.2) is 0 Å². The summed E-state index contributed by atoms with van der Waals surface area (Å²) in [7, 11) is 0. The van der Waals surface area contributed by atoms with Gasteiger partial charge in [0.15, 0.2) is 0 Å². The van der Waals surface area contributed by atoms with E-state index in [2.05, 4.69) is 38.3 Å². The Morgan fingerprint density at radius 3 is 2.38 bits per heavy atom. The highest BCUT2D eigenvalue weighted by atomic mass is 16.1. The molecule has 3 heteroatoms. The minimum atomic E-state index is 0.0910. The number of carbonyl (C=O) groups is 1. The molecule has 0 aromatic carbocycles. The second-order valence-electron chi connectivity index (χ2n) is 6.19. The van der Waals surface area contributed by atoms with Gasteiger partial charge in [-0.15, -0.1) is 0 Å². The van der Waals surface area contributed by atoms with Gasteiger partial charge in [-0.3, -0.25) is 4.79 Å². The molecule has 0 bridgehead atoms. The molecule has 0 saturated heterocycles. The molecule has 94 valence electrons. The molecule has 1 saturated carbocycles. The predicted molar refractivity (Wildman–Crippen MR) is 67.3 cm³/mol. The van der Waals surface area contributed by atoms with Gasteiger partial charge < -0.3 is 10.6 Å². The summed E-state index contributed by atoms with van der Waals surface area (Å²) in [5.74, 6) is 0.690. The van der Waals surface area contributed by atoms with Gasteiger partial charge in [0.25, 0.3) is 0 Å². The lowest BCUT2D eigenvalue weighted by molar-refractivity contribution is -0.120. The van der Waals surface area contributed by atoms with E-state index in [0.29, 0.717) is 18.0 Å².